The Morgan fingerprint density at radius 2 is 1.86 bits per heavy atom. The van der Waals surface area contributed by atoms with Crippen LogP contribution in [-0.4, -0.2) is 30.6 Å². The number of methoxy groups -OCH3 is 1. The molecule has 2 aromatic carbocycles. The number of ether oxygens (including phenoxy) is 2. The molecule has 0 N–H and O–H groups in total. The molecular formula is C24H26N2O3. The minimum Gasteiger partial charge on any atom is -0.493 e. The van der Waals surface area contributed by atoms with E-state index >= 15 is 0 Å². The highest BCUT2D eigenvalue weighted by Gasteiger charge is 2.31. The Labute approximate surface area is 171 Å². The number of amides is 1. The Balaban J connectivity index is 1.46. The molecule has 2 aliphatic rings. The number of hydrogen-bond donors (Lipinski definition) is 0. The van der Waals surface area contributed by atoms with Crippen molar-refractivity contribution in [3.05, 3.63) is 59.2 Å². The van der Waals surface area contributed by atoms with Crippen LogP contribution in [0.3, 0.4) is 0 Å². The molecule has 0 unspecified atom stereocenters. The van der Waals surface area contributed by atoms with E-state index in [4.69, 9.17) is 14.7 Å². The largest absolute Gasteiger partial charge is 0.493 e. The van der Waals surface area contributed by atoms with Crippen LogP contribution in [-0.2, 0) is 11.3 Å². The monoisotopic (exact) mass is 390 g/mol. The van der Waals surface area contributed by atoms with Gasteiger partial charge in [0.15, 0.2) is 11.5 Å². The molecule has 1 amide bonds. The first-order valence-electron chi connectivity index (χ1n) is 10.3. The number of nitriles is 1. The van der Waals surface area contributed by atoms with Crippen molar-refractivity contribution >= 4 is 5.91 Å². The number of nitrogens with zero attached hydrogens (tertiary/aromatic N) is 2. The highest BCUT2D eigenvalue weighted by Crippen LogP contribution is 2.37. The molecule has 1 atom stereocenters. The molecule has 4 rings (SSSR count). The van der Waals surface area contributed by atoms with Crippen molar-refractivity contribution in [2.24, 2.45) is 0 Å². The second-order valence-corrected chi connectivity index (χ2v) is 7.92. The molecular weight excluding hydrogens is 364 g/mol. The second kappa shape index (κ2) is 8.57. The van der Waals surface area contributed by atoms with Crippen LogP contribution in [0.1, 0.15) is 54.7 Å². The van der Waals surface area contributed by atoms with Crippen molar-refractivity contribution in [2.75, 3.05) is 13.7 Å². The van der Waals surface area contributed by atoms with Crippen molar-refractivity contribution in [3.63, 3.8) is 0 Å². The number of rotatable bonds is 6. The third-order valence-electron chi connectivity index (χ3n) is 5.93. The van der Waals surface area contributed by atoms with Crippen LogP contribution >= 0.6 is 0 Å². The molecule has 29 heavy (non-hydrogen) atoms. The molecule has 150 valence electrons. The lowest BCUT2D eigenvalue weighted by Crippen LogP contribution is -2.24. The van der Waals surface area contributed by atoms with Gasteiger partial charge in [-0.05, 0) is 61.1 Å². The van der Waals surface area contributed by atoms with Crippen molar-refractivity contribution in [3.8, 4) is 17.6 Å². The fourth-order valence-electron chi connectivity index (χ4n) is 4.28. The van der Waals surface area contributed by atoms with Gasteiger partial charge in [-0.15, -0.1) is 0 Å². The maximum Gasteiger partial charge on any atom is 0.223 e. The molecule has 1 saturated carbocycles. The lowest BCUT2D eigenvalue weighted by molar-refractivity contribution is -0.128. The van der Waals surface area contributed by atoms with Gasteiger partial charge < -0.3 is 14.4 Å². The van der Waals surface area contributed by atoms with E-state index in [0.717, 1.165) is 35.5 Å². The van der Waals surface area contributed by atoms with Gasteiger partial charge in [0.1, 0.15) is 0 Å². The van der Waals surface area contributed by atoms with Crippen LogP contribution in [0.5, 0.6) is 11.5 Å². The topological polar surface area (TPSA) is 62.6 Å². The van der Waals surface area contributed by atoms with Crippen molar-refractivity contribution in [1.29, 1.82) is 5.26 Å². The van der Waals surface area contributed by atoms with E-state index in [2.05, 4.69) is 12.1 Å². The third kappa shape index (κ3) is 4.37. The summed E-state index contributed by atoms with van der Waals surface area (Å²) in [7, 11) is 1.66. The van der Waals surface area contributed by atoms with Crippen LogP contribution in [0.4, 0.5) is 0 Å². The van der Waals surface area contributed by atoms with E-state index in [1.807, 2.05) is 29.2 Å². The summed E-state index contributed by atoms with van der Waals surface area (Å²) in [5.74, 6) is 1.85. The Kier molecular flexibility index (Phi) is 5.71. The van der Waals surface area contributed by atoms with Crippen LogP contribution in [0.2, 0.25) is 0 Å². The number of carbonyl (C=O) groups is 1. The summed E-state index contributed by atoms with van der Waals surface area (Å²) in [6, 6.07) is 15.6. The van der Waals surface area contributed by atoms with Crippen molar-refractivity contribution < 1.29 is 14.3 Å². The van der Waals surface area contributed by atoms with Gasteiger partial charge >= 0.3 is 0 Å². The lowest BCUT2D eigenvalue weighted by Gasteiger charge is -2.19. The molecule has 1 saturated heterocycles. The fraction of sp³-hybridized carbons (Fsp3) is 0.417. The zero-order valence-corrected chi connectivity index (χ0v) is 16.8. The zero-order valence-electron chi connectivity index (χ0n) is 16.8. The van der Waals surface area contributed by atoms with Crippen molar-refractivity contribution in [2.45, 2.75) is 50.7 Å². The molecule has 1 heterocycles. The summed E-state index contributed by atoms with van der Waals surface area (Å²) < 4.78 is 11.7. The number of benzene rings is 2. The highest BCUT2D eigenvalue weighted by molar-refractivity contribution is 5.79. The summed E-state index contributed by atoms with van der Waals surface area (Å²) in [6.07, 6.45) is 5.38. The summed E-state index contributed by atoms with van der Waals surface area (Å²) >= 11 is 0. The van der Waals surface area contributed by atoms with Crippen LogP contribution in [0.25, 0.3) is 0 Å². The highest BCUT2D eigenvalue weighted by atomic mass is 16.5. The van der Waals surface area contributed by atoms with Gasteiger partial charge in [-0.25, -0.2) is 0 Å². The molecule has 2 fully saturated rings. The Morgan fingerprint density at radius 3 is 2.55 bits per heavy atom. The van der Waals surface area contributed by atoms with Crippen molar-refractivity contribution in [1.82, 2.24) is 4.90 Å². The van der Waals surface area contributed by atoms with Crippen LogP contribution in [0, 0.1) is 11.3 Å². The Morgan fingerprint density at radius 1 is 1.10 bits per heavy atom. The average Bonchev–Trinajstić information content (AvgIpc) is 3.38. The van der Waals surface area contributed by atoms with Gasteiger partial charge in [-0.3, -0.25) is 4.79 Å². The zero-order chi connectivity index (χ0) is 20.2. The molecule has 1 aliphatic heterocycles. The summed E-state index contributed by atoms with van der Waals surface area (Å²) in [5, 5.41) is 8.93. The third-order valence-corrected chi connectivity index (χ3v) is 5.93. The van der Waals surface area contributed by atoms with E-state index in [0.29, 0.717) is 25.1 Å². The normalized spacial score (nSPS) is 19.4. The Bertz CT molecular complexity index is 911. The molecule has 1 aliphatic carbocycles. The maximum absolute atomic E-state index is 12.6. The molecule has 0 spiro atoms. The van der Waals surface area contributed by atoms with Gasteiger partial charge in [0.05, 0.1) is 24.8 Å². The van der Waals surface area contributed by atoms with E-state index in [1.54, 1.807) is 19.2 Å². The molecule has 0 radical (unpaired) electrons. The Hall–Kier alpha value is -3.00. The van der Waals surface area contributed by atoms with E-state index in [9.17, 15) is 4.79 Å². The number of carbonyl (C=O) groups excluding carboxylic acids is 1. The number of likely N-dealkylation sites (tertiary alicyclic amines) is 1. The predicted octanol–water partition coefficient (Wildman–Crippen LogP) is 4.40. The second-order valence-electron chi connectivity index (χ2n) is 7.92. The van der Waals surface area contributed by atoms with Gasteiger partial charge in [-0.2, -0.15) is 5.26 Å². The number of hydrogen-bond acceptors (Lipinski definition) is 4. The minimum absolute atomic E-state index is 0.151. The lowest BCUT2D eigenvalue weighted by atomic mass is 9.98. The first kappa shape index (κ1) is 19.3. The maximum atomic E-state index is 12.6. The van der Waals surface area contributed by atoms with E-state index < -0.39 is 0 Å². The van der Waals surface area contributed by atoms with E-state index in [1.165, 1.54) is 12.8 Å². The van der Waals surface area contributed by atoms with Gasteiger partial charge in [0.2, 0.25) is 5.91 Å². The average molecular weight is 390 g/mol. The van der Waals surface area contributed by atoms with Gasteiger partial charge in [0.25, 0.3) is 0 Å². The van der Waals surface area contributed by atoms with Crippen LogP contribution < -0.4 is 9.47 Å². The summed E-state index contributed by atoms with van der Waals surface area (Å²) in [4.78, 5) is 14.5. The standard InChI is InChI=1S/C24H26N2O3/c1-28-22-11-10-19(12-23(22)29-21-4-2-3-5-21)20-13-24(27)26(16-20)15-18-8-6-17(14-25)7-9-18/h6-12,20-21H,2-5,13,15-16H2,1H3/t20-/m1/s1. The predicted molar refractivity (Wildman–Crippen MR) is 110 cm³/mol. The van der Waals surface area contributed by atoms with Gasteiger partial charge in [-0.1, -0.05) is 18.2 Å². The molecule has 5 heteroatoms. The summed E-state index contributed by atoms with van der Waals surface area (Å²) in [6.45, 7) is 1.26. The molecule has 0 bridgehead atoms. The first-order valence-corrected chi connectivity index (χ1v) is 10.3. The SMILES string of the molecule is COc1ccc([C@@H]2CC(=O)N(Cc3ccc(C#N)cc3)C2)cc1OC1CCCC1. The minimum atomic E-state index is 0.151. The first-order chi connectivity index (χ1) is 14.2. The molecule has 2 aromatic rings. The quantitative estimate of drug-likeness (QED) is 0.733. The van der Waals surface area contributed by atoms with E-state index in [-0.39, 0.29) is 17.9 Å². The molecule has 5 nitrogen and oxygen atoms in total. The van der Waals surface area contributed by atoms with Gasteiger partial charge in [0, 0.05) is 25.4 Å². The fourth-order valence-corrected chi connectivity index (χ4v) is 4.28. The van der Waals surface area contributed by atoms with Crippen LogP contribution in [0.15, 0.2) is 42.5 Å². The molecule has 0 aromatic heterocycles. The smallest absolute Gasteiger partial charge is 0.223 e. The summed E-state index contributed by atoms with van der Waals surface area (Å²) in [5.41, 5.74) is 2.79.